The van der Waals surface area contributed by atoms with Crippen molar-refractivity contribution < 1.29 is 8.42 Å². The number of nitrogens with zero attached hydrogens (tertiary/aromatic N) is 2. The van der Waals surface area contributed by atoms with Crippen LogP contribution in [0.4, 0.5) is 0 Å². The third-order valence-electron chi connectivity index (χ3n) is 3.65. The predicted octanol–water partition coefficient (Wildman–Crippen LogP) is 3.96. The first-order valence-corrected chi connectivity index (χ1v) is 9.02. The van der Waals surface area contributed by atoms with Gasteiger partial charge >= 0.3 is 0 Å². The van der Waals surface area contributed by atoms with Crippen molar-refractivity contribution in [2.24, 2.45) is 0 Å². The molecule has 0 N–H and O–H groups in total. The molecule has 0 saturated heterocycles. The number of rotatable bonds is 2. The van der Waals surface area contributed by atoms with Crippen LogP contribution < -0.4 is 0 Å². The van der Waals surface area contributed by atoms with Crippen molar-refractivity contribution in [3.05, 3.63) is 57.8 Å². The second kappa shape index (κ2) is 5.21. The molecule has 6 heteroatoms. The summed E-state index contributed by atoms with van der Waals surface area (Å²) in [5, 5.41) is 0. The molecule has 1 heterocycles. The number of hydrogen-bond acceptors (Lipinski definition) is 3. The molecule has 114 valence electrons. The lowest BCUT2D eigenvalue weighted by molar-refractivity contribution is 0.586. The van der Waals surface area contributed by atoms with Gasteiger partial charge in [0.25, 0.3) is 10.0 Å². The van der Waals surface area contributed by atoms with E-state index in [0.29, 0.717) is 16.9 Å². The van der Waals surface area contributed by atoms with Gasteiger partial charge in [-0.05, 0) is 50.1 Å². The Kier molecular flexibility index (Phi) is 3.61. The van der Waals surface area contributed by atoms with Crippen molar-refractivity contribution in [2.45, 2.75) is 25.7 Å². The van der Waals surface area contributed by atoms with Crippen LogP contribution in [-0.2, 0) is 10.0 Å². The predicted molar refractivity (Wildman–Crippen MR) is 90.7 cm³/mol. The Labute approximate surface area is 138 Å². The molecule has 0 bridgehead atoms. The van der Waals surface area contributed by atoms with Crippen molar-refractivity contribution in [1.82, 2.24) is 8.96 Å². The zero-order valence-corrected chi connectivity index (χ0v) is 14.9. The minimum absolute atomic E-state index is 0.288. The van der Waals surface area contributed by atoms with Crippen molar-refractivity contribution >= 4 is 37.0 Å². The molecule has 4 nitrogen and oxygen atoms in total. The quantitative estimate of drug-likeness (QED) is 0.677. The molecule has 22 heavy (non-hydrogen) atoms. The van der Waals surface area contributed by atoms with Gasteiger partial charge in [-0.1, -0.05) is 34.1 Å². The average Bonchev–Trinajstić information content (AvgIpc) is 2.79. The smallest absolute Gasteiger partial charge is 0.232 e. The van der Waals surface area contributed by atoms with Gasteiger partial charge in [0.1, 0.15) is 5.82 Å². The number of benzene rings is 2. The third-order valence-corrected chi connectivity index (χ3v) is 6.44. The van der Waals surface area contributed by atoms with Gasteiger partial charge in [0.2, 0.25) is 0 Å². The summed E-state index contributed by atoms with van der Waals surface area (Å²) in [5.41, 5.74) is 2.99. The topological polar surface area (TPSA) is 52.0 Å². The maximum Gasteiger partial charge on any atom is 0.269 e. The van der Waals surface area contributed by atoms with Crippen molar-refractivity contribution in [3.63, 3.8) is 0 Å². The third kappa shape index (κ3) is 2.27. The summed E-state index contributed by atoms with van der Waals surface area (Å²) in [6.45, 7) is 5.45. The Hall–Kier alpha value is -1.66. The highest BCUT2D eigenvalue weighted by Gasteiger charge is 2.24. The minimum atomic E-state index is -3.70. The standard InChI is InChI=1S/C16H15BrN2O2S/c1-10-8-11(2)16(9-13(10)17)22(20,21)19-12(3)18-14-6-4-5-7-15(14)19/h4-9H,1-3H3. The van der Waals surface area contributed by atoms with Crippen molar-refractivity contribution in [3.8, 4) is 0 Å². The van der Waals surface area contributed by atoms with E-state index in [0.717, 1.165) is 15.6 Å². The number of halogens is 1. The van der Waals surface area contributed by atoms with E-state index in [1.807, 2.05) is 31.2 Å². The Morgan fingerprint density at radius 1 is 1.05 bits per heavy atom. The first-order valence-electron chi connectivity index (χ1n) is 6.79. The second-order valence-corrected chi connectivity index (χ2v) is 7.89. The van der Waals surface area contributed by atoms with Gasteiger partial charge in [0.15, 0.2) is 0 Å². The van der Waals surface area contributed by atoms with Crippen LogP contribution in [0, 0.1) is 20.8 Å². The highest BCUT2D eigenvalue weighted by atomic mass is 79.9. The van der Waals surface area contributed by atoms with E-state index in [2.05, 4.69) is 20.9 Å². The van der Waals surface area contributed by atoms with E-state index in [4.69, 9.17) is 0 Å². The number of imidazole rings is 1. The molecule has 0 unspecified atom stereocenters. The Balaban J connectivity index is 2.34. The summed E-state index contributed by atoms with van der Waals surface area (Å²) in [7, 11) is -3.70. The molecular weight excluding hydrogens is 364 g/mol. The van der Waals surface area contributed by atoms with E-state index in [-0.39, 0.29) is 4.90 Å². The number of aryl methyl sites for hydroxylation is 3. The lowest BCUT2D eigenvalue weighted by Crippen LogP contribution is -2.16. The fourth-order valence-corrected chi connectivity index (χ4v) is 4.84. The minimum Gasteiger partial charge on any atom is -0.232 e. The lowest BCUT2D eigenvalue weighted by atomic mass is 10.2. The van der Waals surface area contributed by atoms with E-state index in [1.165, 1.54) is 3.97 Å². The van der Waals surface area contributed by atoms with Gasteiger partial charge in [-0.2, -0.15) is 0 Å². The summed E-state index contributed by atoms with van der Waals surface area (Å²) >= 11 is 3.41. The summed E-state index contributed by atoms with van der Waals surface area (Å²) in [6.07, 6.45) is 0. The summed E-state index contributed by atoms with van der Waals surface area (Å²) in [6, 6.07) is 10.8. The molecule has 0 radical (unpaired) electrons. The zero-order valence-electron chi connectivity index (χ0n) is 12.5. The van der Waals surface area contributed by atoms with Gasteiger partial charge in [0, 0.05) is 4.47 Å². The van der Waals surface area contributed by atoms with E-state index < -0.39 is 10.0 Å². The van der Waals surface area contributed by atoms with Crippen molar-refractivity contribution in [2.75, 3.05) is 0 Å². The maximum absolute atomic E-state index is 13.1. The van der Waals surface area contributed by atoms with Crippen LogP contribution in [0.5, 0.6) is 0 Å². The van der Waals surface area contributed by atoms with Gasteiger partial charge in [-0.15, -0.1) is 0 Å². The van der Waals surface area contributed by atoms with Crippen LogP contribution in [0.1, 0.15) is 17.0 Å². The number of hydrogen-bond donors (Lipinski definition) is 0. The number of aromatic nitrogens is 2. The van der Waals surface area contributed by atoms with Gasteiger partial charge in [-0.3, -0.25) is 0 Å². The molecule has 2 aromatic carbocycles. The molecule has 0 atom stereocenters. The average molecular weight is 379 g/mol. The summed E-state index contributed by atoms with van der Waals surface area (Å²) in [5.74, 6) is 0.456. The van der Waals surface area contributed by atoms with Crippen LogP contribution in [0.25, 0.3) is 11.0 Å². The maximum atomic E-state index is 13.1. The van der Waals surface area contributed by atoms with Crippen LogP contribution >= 0.6 is 15.9 Å². The van der Waals surface area contributed by atoms with Gasteiger partial charge in [-0.25, -0.2) is 17.4 Å². The van der Waals surface area contributed by atoms with Crippen LogP contribution in [0.2, 0.25) is 0 Å². The van der Waals surface area contributed by atoms with Crippen LogP contribution in [-0.4, -0.2) is 17.4 Å². The fraction of sp³-hybridized carbons (Fsp3) is 0.188. The van der Waals surface area contributed by atoms with Crippen molar-refractivity contribution in [1.29, 1.82) is 0 Å². The summed E-state index contributed by atoms with van der Waals surface area (Å²) < 4.78 is 28.3. The van der Waals surface area contributed by atoms with E-state index in [1.54, 1.807) is 26.0 Å². The Morgan fingerprint density at radius 3 is 2.45 bits per heavy atom. The normalized spacial score (nSPS) is 12.0. The van der Waals surface area contributed by atoms with Crippen LogP contribution in [0.15, 0.2) is 45.8 Å². The first kappa shape index (κ1) is 15.2. The molecular formula is C16H15BrN2O2S. The molecule has 0 aliphatic heterocycles. The second-order valence-electron chi connectivity index (χ2n) is 5.28. The van der Waals surface area contributed by atoms with Gasteiger partial charge < -0.3 is 0 Å². The monoisotopic (exact) mass is 378 g/mol. The Morgan fingerprint density at radius 2 is 1.73 bits per heavy atom. The lowest BCUT2D eigenvalue weighted by Gasteiger charge is -2.12. The molecule has 1 aromatic heterocycles. The van der Waals surface area contributed by atoms with E-state index in [9.17, 15) is 8.42 Å². The molecule has 0 fully saturated rings. The molecule has 3 rings (SSSR count). The molecule has 3 aromatic rings. The molecule has 0 spiro atoms. The fourth-order valence-electron chi connectivity index (χ4n) is 2.61. The molecule has 0 aliphatic carbocycles. The number of para-hydroxylation sites is 2. The Bertz CT molecular complexity index is 991. The van der Waals surface area contributed by atoms with Gasteiger partial charge in [0.05, 0.1) is 15.9 Å². The SMILES string of the molecule is Cc1cc(C)c(S(=O)(=O)n2c(C)nc3ccccc32)cc1Br. The number of fused-ring (bicyclic) bond motifs is 1. The summed E-state index contributed by atoms with van der Waals surface area (Å²) in [4.78, 5) is 4.63. The largest absolute Gasteiger partial charge is 0.269 e. The van der Waals surface area contributed by atoms with E-state index >= 15 is 0 Å². The highest BCUT2D eigenvalue weighted by molar-refractivity contribution is 9.10. The molecule has 0 aliphatic rings. The first-order chi connectivity index (χ1) is 10.3. The molecule has 0 amide bonds. The zero-order chi connectivity index (χ0) is 16.1. The highest BCUT2D eigenvalue weighted by Crippen LogP contribution is 2.28. The molecule has 0 saturated carbocycles. The van der Waals surface area contributed by atoms with Crippen LogP contribution in [0.3, 0.4) is 0 Å².